The molecule has 2 aromatic carbocycles. The zero-order chi connectivity index (χ0) is 22.3. The molecule has 8 heteroatoms. The fourth-order valence-electron chi connectivity index (χ4n) is 3.39. The summed E-state index contributed by atoms with van der Waals surface area (Å²) in [4.78, 5) is 17.0. The largest absolute Gasteiger partial charge is 0.573 e. The van der Waals surface area contributed by atoms with E-state index in [-0.39, 0.29) is 17.7 Å². The lowest BCUT2D eigenvalue weighted by atomic mass is 10.2. The highest BCUT2D eigenvalue weighted by Gasteiger charge is 2.31. The lowest BCUT2D eigenvalue weighted by Gasteiger charge is -2.37. The van der Waals surface area contributed by atoms with Gasteiger partial charge in [0.25, 0.3) is 0 Å². The third-order valence-corrected chi connectivity index (χ3v) is 5.16. The highest BCUT2D eigenvalue weighted by atomic mass is 19.4. The number of carbonyl (C=O) groups is 1. The first-order chi connectivity index (χ1) is 14.8. The van der Waals surface area contributed by atoms with Gasteiger partial charge in [0.05, 0.1) is 6.04 Å². The van der Waals surface area contributed by atoms with Crippen molar-refractivity contribution in [2.45, 2.75) is 19.3 Å². The van der Waals surface area contributed by atoms with Gasteiger partial charge in [-0.3, -0.25) is 14.6 Å². The molecule has 1 aliphatic rings. The summed E-state index contributed by atoms with van der Waals surface area (Å²) in [5.74, 6) is -0.516. The number of ether oxygens (including phenoxy) is 1. The smallest absolute Gasteiger partial charge is 0.406 e. The summed E-state index contributed by atoms with van der Waals surface area (Å²) in [7, 11) is 0. The Balaban J connectivity index is 1.43. The molecule has 1 unspecified atom stereocenters. The second-order valence-corrected chi connectivity index (χ2v) is 7.39. The Morgan fingerprint density at radius 1 is 1.06 bits per heavy atom. The normalized spacial score (nSPS) is 16.9. The predicted molar refractivity (Wildman–Crippen MR) is 115 cm³/mol. The van der Waals surface area contributed by atoms with Crippen LogP contribution in [0.25, 0.3) is 6.08 Å². The number of hydrogen-bond donors (Lipinski definition) is 1. The van der Waals surface area contributed by atoms with Crippen molar-refractivity contribution < 1.29 is 22.7 Å². The molecule has 3 rings (SSSR count). The number of piperazine rings is 1. The molecule has 0 aliphatic carbocycles. The fourth-order valence-corrected chi connectivity index (χ4v) is 3.39. The Morgan fingerprint density at radius 2 is 1.71 bits per heavy atom. The van der Waals surface area contributed by atoms with E-state index < -0.39 is 6.36 Å². The first kappa shape index (κ1) is 22.8. The summed E-state index contributed by atoms with van der Waals surface area (Å²) in [6.07, 6.45) is -0.487. The number of nitrogens with zero attached hydrogens (tertiary/aromatic N) is 2. The number of alkyl halides is 3. The van der Waals surface area contributed by atoms with Crippen LogP contribution in [0.2, 0.25) is 0 Å². The number of nitrogens with one attached hydrogen (secondary N) is 1. The zero-order valence-corrected chi connectivity index (χ0v) is 17.3. The molecule has 0 spiro atoms. The standard InChI is InChI=1S/C23H26F3N3O2/c1-18(22(30)27-20-9-11-21(12-10-20)31-23(24,25)26)29-16-14-28(15-17-29)13-5-8-19-6-3-2-4-7-19/h2-12,18H,13-17H2,1H3,(H,27,30). The van der Waals surface area contributed by atoms with Crippen LogP contribution >= 0.6 is 0 Å². The van der Waals surface area contributed by atoms with E-state index in [1.165, 1.54) is 29.8 Å². The van der Waals surface area contributed by atoms with Crippen LogP contribution in [-0.4, -0.2) is 60.8 Å². The van der Waals surface area contributed by atoms with Crippen LogP contribution in [-0.2, 0) is 4.79 Å². The van der Waals surface area contributed by atoms with Gasteiger partial charge in [0, 0.05) is 38.4 Å². The van der Waals surface area contributed by atoms with E-state index in [1.807, 2.05) is 25.1 Å². The van der Waals surface area contributed by atoms with Gasteiger partial charge in [-0.15, -0.1) is 13.2 Å². The highest BCUT2D eigenvalue weighted by molar-refractivity contribution is 5.94. The minimum atomic E-state index is -4.74. The van der Waals surface area contributed by atoms with E-state index in [0.29, 0.717) is 5.69 Å². The van der Waals surface area contributed by atoms with E-state index in [0.717, 1.165) is 32.7 Å². The second kappa shape index (κ2) is 10.5. The maximum Gasteiger partial charge on any atom is 0.573 e. The summed E-state index contributed by atoms with van der Waals surface area (Å²) < 4.78 is 40.5. The van der Waals surface area contributed by atoms with E-state index in [1.54, 1.807) is 0 Å². The van der Waals surface area contributed by atoms with Crippen molar-refractivity contribution in [1.29, 1.82) is 0 Å². The fraction of sp³-hybridized carbons (Fsp3) is 0.348. The summed E-state index contributed by atoms with van der Waals surface area (Å²) in [5.41, 5.74) is 1.60. The number of carbonyl (C=O) groups excluding carboxylic acids is 1. The van der Waals surface area contributed by atoms with Gasteiger partial charge in [-0.1, -0.05) is 42.5 Å². The molecule has 1 N–H and O–H groups in total. The monoisotopic (exact) mass is 433 g/mol. The number of amides is 1. The average molecular weight is 433 g/mol. The van der Waals surface area contributed by atoms with Gasteiger partial charge in [0.1, 0.15) is 5.75 Å². The van der Waals surface area contributed by atoms with Crippen molar-refractivity contribution in [2.24, 2.45) is 0 Å². The van der Waals surface area contributed by atoms with Gasteiger partial charge in [-0.2, -0.15) is 0 Å². The highest BCUT2D eigenvalue weighted by Crippen LogP contribution is 2.24. The number of rotatable bonds is 7. The molecule has 1 atom stereocenters. The van der Waals surface area contributed by atoms with Crippen molar-refractivity contribution in [3.05, 3.63) is 66.2 Å². The lowest BCUT2D eigenvalue weighted by Crippen LogP contribution is -2.52. The Morgan fingerprint density at radius 3 is 2.32 bits per heavy atom. The Kier molecular flexibility index (Phi) is 7.70. The molecule has 0 bridgehead atoms. The van der Waals surface area contributed by atoms with Crippen LogP contribution in [0.5, 0.6) is 5.75 Å². The zero-order valence-electron chi connectivity index (χ0n) is 17.3. The van der Waals surface area contributed by atoms with Gasteiger partial charge < -0.3 is 10.1 Å². The average Bonchev–Trinajstić information content (AvgIpc) is 2.75. The van der Waals surface area contributed by atoms with Crippen LogP contribution in [0, 0.1) is 0 Å². The number of hydrogen-bond acceptors (Lipinski definition) is 4. The van der Waals surface area contributed by atoms with Crippen molar-refractivity contribution in [1.82, 2.24) is 9.80 Å². The molecule has 0 saturated carbocycles. The topological polar surface area (TPSA) is 44.8 Å². The summed E-state index contributed by atoms with van der Waals surface area (Å²) >= 11 is 0. The van der Waals surface area contributed by atoms with E-state index in [2.05, 4.69) is 44.1 Å². The van der Waals surface area contributed by atoms with Crippen molar-refractivity contribution in [3.8, 4) is 5.75 Å². The Labute approximate surface area is 180 Å². The summed E-state index contributed by atoms with van der Waals surface area (Å²) in [6, 6.07) is 14.9. The molecule has 1 heterocycles. The van der Waals surface area contributed by atoms with Gasteiger partial charge in [-0.05, 0) is 36.8 Å². The summed E-state index contributed by atoms with van der Waals surface area (Å²) in [5, 5.41) is 2.75. The molecule has 0 radical (unpaired) electrons. The molecule has 2 aromatic rings. The third kappa shape index (κ3) is 7.41. The van der Waals surface area contributed by atoms with Crippen LogP contribution in [0.15, 0.2) is 60.7 Å². The summed E-state index contributed by atoms with van der Waals surface area (Å²) in [6.45, 7) is 5.95. The van der Waals surface area contributed by atoms with Crippen molar-refractivity contribution in [3.63, 3.8) is 0 Å². The maximum atomic E-state index is 12.5. The van der Waals surface area contributed by atoms with E-state index >= 15 is 0 Å². The number of halogens is 3. The van der Waals surface area contributed by atoms with E-state index in [4.69, 9.17) is 0 Å². The Hall–Kier alpha value is -2.84. The van der Waals surface area contributed by atoms with Gasteiger partial charge in [0.15, 0.2) is 0 Å². The molecule has 1 saturated heterocycles. The molecule has 166 valence electrons. The van der Waals surface area contributed by atoms with Crippen LogP contribution in [0.4, 0.5) is 18.9 Å². The first-order valence-electron chi connectivity index (χ1n) is 10.1. The number of anilines is 1. The lowest BCUT2D eigenvalue weighted by molar-refractivity contribution is -0.274. The first-order valence-corrected chi connectivity index (χ1v) is 10.1. The molecule has 0 aromatic heterocycles. The van der Waals surface area contributed by atoms with Crippen molar-refractivity contribution >= 4 is 17.7 Å². The SMILES string of the molecule is CC(C(=O)Nc1ccc(OC(F)(F)F)cc1)N1CCN(CC=Cc2ccccc2)CC1. The Bertz CT molecular complexity index is 862. The maximum absolute atomic E-state index is 12.5. The number of benzene rings is 2. The third-order valence-electron chi connectivity index (χ3n) is 5.16. The van der Waals surface area contributed by atoms with Gasteiger partial charge in [0.2, 0.25) is 5.91 Å². The van der Waals surface area contributed by atoms with Gasteiger partial charge in [-0.25, -0.2) is 0 Å². The predicted octanol–water partition coefficient (Wildman–Crippen LogP) is 4.24. The van der Waals surface area contributed by atoms with Crippen LogP contribution in [0.1, 0.15) is 12.5 Å². The van der Waals surface area contributed by atoms with Gasteiger partial charge >= 0.3 is 6.36 Å². The quantitative estimate of drug-likeness (QED) is 0.710. The molecule has 5 nitrogen and oxygen atoms in total. The molecule has 31 heavy (non-hydrogen) atoms. The van der Waals surface area contributed by atoms with Crippen LogP contribution in [0.3, 0.4) is 0 Å². The molecular formula is C23H26F3N3O2. The van der Waals surface area contributed by atoms with E-state index in [9.17, 15) is 18.0 Å². The molecule has 1 amide bonds. The van der Waals surface area contributed by atoms with Crippen LogP contribution < -0.4 is 10.1 Å². The molecule has 1 fully saturated rings. The molecule has 1 aliphatic heterocycles. The van der Waals surface area contributed by atoms with Crippen molar-refractivity contribution in [2.75, 3.05) is 38.0 Å². The minimum absolute atomic E-state index is 0.193. The molecular weight excluding hydrogens is 407 g/mol. The minimum Gasteiger partial charge on any atom is -0.406 e. The second-order valence-electron chi connectivity index (χ2n) is 7.39.